The molecule has 596 valence electrons. The topological polar surface area (TPSA) is 506 Å². The number of ketones is 4. The first-order valence-electron chi connectivity index (χ1n) is 36.6. The Balaban J connectivity index is 0.756. The second-order valence-electron chi connectivity index (χ2n) is 29.4. The predicted molar refractivity (Wildman–Crippen MR) is 417 cm³/mol. The zero-order valence-corrected chi connectivity index (χ0v) is 65.9. The maximum atomic E-state index is 14.6. The van der Waals surface area contributed by atoms with Gasteiger partial charge in [-0.05, 0) is 112 Å². The van der Waals surface area contributed by atoms with E-state index in [4.69, 9.17) is 20.5 Å². The monoisotopic (exact) mass is 1590 g/mol. The Morgan fingerprint density at radius 1 is 0.784 bits per heavy atom. The first-order chi connectivity index (χ1) is 52.5. The maximum Gasteiger partial charge on any atom is 0.327 e. The van der Waals surface area contributed by atoms with Crippen molar-refractivity contribution in [3.8, 4) is 0 Å². The number of fused-ring (bicyclic) bond motifs is 7. The molecule has 11 atom stereocenters. The van der Waals surface area contributed by atoms with Crippen molar-refractivity contribution in [2.24, 2.45) is 45.5 Å². The van der Waals surface area contributed by atoms with Crippen LogP contribution in [-0.2, 0) is 59.8 Å². The number of nitrogens with zero attached hydrogens (tertiary/aromatic N) is 6. The number of carbonyl (C=O) groups is 11. The lowest BCUT2D eigenvalue weighted by atomic mass is 9.75. The molecule has 4 unspecified atom stereocenters. The molecule has 0 radical (unpaired) electrons. The number of methoxy groups -OCH3 is 1. The van der Waals surface area contributed by atoms with Crippen LogP contribution in [0.4, 0.5) is 11.6 Å². The van der Waals surface area contributed by atoms with Crippen LogP contribution >= 0.6 is 21.6 Å². The van der Waals surface area contributed by atoms with Gasteiger partial charge >= 0.3 is 17.9 Å². The standard InChI is InChI=1S/C75H95N15O18S3/c1-11-47-36(2)50-32-55-59(40(6)91)38(4)52(83-55)30-51-37(3)48(63(84-51)61-62(74(104)108-10)66(95)60-39(5)53(85-64(60)61)31-54(47)82-50)22-20-45(92)14-12-13-15-57(90(7,8)9)70(98)78-24-26-109-110-35-56(73(102)103)87-69(97)42(29-58(94)77-25-27-111(105,106)107)28-46(93)21-23-49(72(100)101)86-68(96)41-16-18-43(19-17-41)79-33-44-34-80-67-65(81-44)71(99)89-75(76)88-67/h16-19,30-32,34,36-37,42,47-49,56-57,61-63H,11-15,20-29,33,35H2,1-10H3,(H12-,76,77,78,79,80,81,82,83,84,85,86,87,88,89,91,94,95,96,97,98,99,100,101,102,103,105,106,107)/p+1/t36-,37+,42-,47-,48+,49-,56-,57?,61?,62?,63?/m0/s1. The second-order valence-corrected chi connectivity index (χ2v) is 33.6. The molecule has 0 saturated heterocycles. The summed E-state index contributed by atoms with van der Waals surface area (Å²) in [6.45, 7) is 11.2. The van der Waals surface area contributed by atoms with Crippen molar-refractivity contribution in [3.63, 3.8) is 0 Å². The van der Waals surface area contributed by atoms with Gasteiger partial charge in [0.2, 0.25) is 17.8 Å². The maximum absolute atomic E-state index is 14.6. The number of ether oxygens (including phenoxy) is 1. The van der Waals surface area contributed by atoms with E-state index in [-0.39, 0.29) is 106 Å². The number of likely N-dealkylation sites (N-methyl/N-ethyl adjacent to an activating group) is 1. The average molecular weight is 1590 g/mol. The second kappa shape index (κ2) is 36.9. The van der Waals surface area contributed by atoms with Gasteiger partial charge in [0.15, 0.2) is 28.8 Å². The number of nitrogen functional groups attached to an aromatic ring is 1. The van der Waals surface area contributed by atoms with Crippen LogP contribution < -0.4 is 48.6 Å². The fourth-order valence-electron chi connectivity index (χ4n) is 14.9. The molecule has 8 bridgehead atoms. The normalized spacial score (nSPS) is 20.0. The summed E-state index contributed by atoms with van der Waals surface area (Å²) in [5.74, 6) is -12.9. The van der Waals surface area contributed by atoms with E-state index in [1.807, 2.05) is 60.1 Å². The number of hydrogen-bond acceptors (Lipinski definition) is 24. The molecule has 4 aromatic heterocycles. The first-order valence-corrected chi connectivity index (χ1v) is 40.7. The third-order valence-electron chi connectivity index (χ3n) is 20.9. The number of benzene rings is 1. The van der Waals surface area contributed by atoms with Crippen molar-refractivity contribution < 1.29 is 85.1 Å². The van der Waals surface area contributed by atoms with Gasteiger partial charge in [0.1, 0.15) is 29.6 Å². The third-order valence-corrected chi connectivity index (χ3v) is 24.0. The van der Waals surface area contributed by atoms with Gasteiger partial charge in [0.25, 0.3) is 27.5 Å². The van der Waals surface area contributed by atoms with Gasteiger partial charge in [-0.2, -0.15) is 13.4 Å². The molecule has 0 spiro atoms. The van der Waals surface area contributed by atoms with Crippen LogP contribution in [0.15, 0.2) is 50.9 Å². The van der Waals surface area contributed by atoms with E-state index in [2.05, 4.69) is 70.3 Å². The summed E-state index contributed by atoms with van der Waals surface area (Å²) in [6.07, 6.45) is 7.83. The molecule has 0 saturated carbocycles. The van der Waals surface area contributed by atoms with Gasteiger partial charge in [-0.15, -0.1) is 0 Å². The van der Waals surface area contributed by atoms with E-state index in [1.165, 1.54) is 55.3 Å². The number of nitrogens with one attached hydrogen (secondary N) is 8. The summed E-state index contributed by atoms with van der Waals surface area (Å²) in [5, 5.41) is 34.5. The summed E-state index contributed by atoms with van der Waals surface area (Å²) in [5.41, 5.74) is 12.0. The average Bonchev–Trinajstić information content (AvgIpc) is 1.56. The highest BCUT2D eigenvalue weighted by Crippen LogP contribution is 2.50. The molecule has 7 heterocycles. The fourth-order valence-corrected chi connectivity index (χ4v) is 17.3. The van der Waals surface area contributed by atoms with Crippen LogP contribution in [0.1, 0.15) is 164 Å². The number of unbranched alkanes of at least 4 members (excludes halogenated alkanes) is 1. The van der Waals surface area contributed by atoms with Crippen LogP contribution in [-0.4, -0.2) is 216 Å². The smallest absolute Gasteiger partial charge is 0.327 e. The number of aliphatic imine (C=N–C) groups is 2. The molecule has 36 heteroatoms. The van der Waals surface area contributed by atoms with Gasteiger partial charge in [-0.25, -0.2) is 19.6 Å². The zero-order valence-electron chi connectivity index (χ0n) is 63.4. The minimum Gasteiger partial charge on any atom is -0.480 e. The molecule has 4 aliphatic rings. The molecule has 1 aromatic carbocycles. The molecule has 13 N–H and O–H groups in total. The third kappa shape index (κ3) is 21.2. The van der Waals surface area contributed by atoms with Crippen molar-refractivity contribution in [3.05, 3.63) is 102 Å². The Bertz CT molecular complexity index is 4890. The van der Waals surface area contributed by atoms with Gasteiger partial charge in [-0.3, -0.25) is 67.5 Å². The van der Waals surface area contributed by atoms with E-state index in [0.717, 1.165) is 34.2 Å². The number of anilines is 2. The Kier molecular flexibility index (Phi) is 28.2. The summed E-state index contributed by atoms with van der Waals surface area (Å²) in [7, 11) is 4.63. The van der Waals surface area contributed by atoms with Crippen molar-refractivity contribution >= 4 is 149 Å². The van der Waals surface area contributed by atoms with Crippen molar-refractivity contribution in [1.29, 1.82) is 0 Å². The molecule has 1 aliphatic carbocycles. The largest absolute Gasteiger partial charge is 0.480 e. The van der Waals surface area contributed by atoms with Crippen LogP contribution in [0, 0.1) is 49.4 Å². The highest BCUT2D eigenvalue weighted by atomic mass is 33.1. The van der Waals surface area contributed by atoms with E-state index in [0.29, 0.717) is 87.3 Å². The number of H-pyrrole nitrogens is 3. The molecular weight excluding hydrogens is 1500 g/mol. The number of rotatable bonds is 38. The predicted octanol–water partition coefficient (Wildman–Crippen LogP) is 3.94. The molecule has 9 rings (SSSR count). The van der Waals surface area contributed by atoms with Crippen molar-refractivity contribution in [2.75, 3.05) is 69.7 Å². The number of quaternary nitrogens is 1. The van der Waals surface area contributed by atoms with Crippen molar-refractivity contribution in [2.45, 2.75) is 149 Å². The van der Waals surface area contributed by atoms with Gasteiger partial charge in [-0.1, -0.05) is 42.4 Å². The van der Waals surface area contributed by atoms with Crippen LogP contribution in [0.3, 0.4) is 0 Å². The molecule has 33 nitrogen and oxygen atoms in total. The zero-order chi connectivity index (χ0) is 81.1. The summed E-state index contributed by atoms with van der Waals surface area (Å²) >= 11 is 0. The molecule has 3 aliphatic heterocycles. The molecule has 0 fully saturated rings. The number of nitrogens with two attached hydrogens (primary N) is 1. The van der Waals surface area contributed by atoms with Crippen LogP contribution in [0.5, 0.6) is 0 Å². The number of carboxylic acids is 2. The van der Waals surface area contributed by atoms with Crippen molar-refractivity contribution in [1.82, 2.24) is 51.2 Å². The highest BCUT2D eigenvalue weighted by molar-refractivity contribution is 8.76. The van der Waals surface area contributed by atoms with E-state index in [9.17, 15) is 80.7 Å². The lowest BCUT2D eigenvalue weighted by molar-refractivity contribution is -0.886. The number of amides is 4. The van der Waals surface area contributed by atoms with E-state index >= 15 is 0 Å². The molecule has 111 heavy (non-hydrogen) atoms. The summed E-state index contributed by atoms with van der Waals surface area (Å²) < 4.78 is 37.4. The fraction of sp³-hybridized carbons (Fsp3) is 0.507. The SMILES string of the molecule is CC[C@@H]1/C2=C/c3[nH]c4c(c3C)C(=O)C(C(=O)OC)C4C3N=C(C=c4[nH]c(c(C(C)=O)c4C)=CC(=N2)[C@H]1C)[C@H](C)[C@H]3CCC(=O)CCCCC(C(=O)NCCSSC[C@H](NC(=O)[C@@H](CC(=O)CC[C@H](NC(=O)c1ccc(NCc2cnc3nc(N)[nH]c(=O)c3n2)cc1)C(=O)O)CC(=O)NCCS(=O)(=O)O)C(=O)O)[N+](C)(C)C. The van der Waals surface area contributed by atoms with Crippen LogP contribution in [0.25, 0.3) is 29.4 Å². The summed E-state index contributed by atoms with van der Waals surface area (Å²) in [4.78, 5) is 193. The minimum atomic E-state index is -4.52. The molecule has 4 amide bonds. The quantitative estimate of drug-likeness (QED) is 0.00506. The van der Waals surface area contributed by atoms with Gasteiger partial charge in [0.05, 0.1) is 69.8 Å². The first kappa shape index (κ1) is 85.0. The molecule has 5 aromatic rings. The van der Waals surface area contributed by atoms with Gasteiger partial charge < -0.3 is 61.7 Å². The molecular formula is C75H96N15O18S3+. The lowest BCUT2D eigenvalue weighted by Gasteiger charge is -2.33. The number of aromatic amines is 3. The van der Waals surface area contributed by atoms with Crippen LogP contribution in [0.2, 0.25) is 0 Å². The number of allylic oxidation sites excluding steroid dienone is 1. The Hall–Kier alpha value is -10.0. The van der Waals surface area contributed by atoms with E-state index in [1.54, 1.807) is 0 Å². The summed E-state index contributed by atoms with van der Waals surface area (Å²) in [6, 6.07) is 1.49. The number of Topliss-reactive ketones (excluding diaryl/α,β-unsaturated/α-hetero) is 4. The Labute approximate surface area is 647 Å². The number of carbonyl (C=O) groups excluding carboxylic acids is 9. The Morgan fingerprint density at radius 2 is 1.50 bits per heavy atom. The van der Waals surface area contributed by atoms with E-state index < -0.39 is 137 Å². The lowest BCUT2D eigenvalue weighted by Crippen LogP contribution is -2.54. The number of carboxylic acid groups (broad SMARTS) is 2. The highest BCUT2D eigenvalue weighted by Gasteiger charge is 2.55. The number of aliphatic carboxylic acids is 2. The number of aromatic nitrogens is 6. The number of esters is 1. The Morgan fingerprint density at radius 3 is 2.16 bits per heavy atom. The van der Waals surface area contributed by atoms with Gasteiger partial charge in [0, 0.05) is 143 Å². The minimum absolute atomic E-state index is 0.00383. The number of hydrogen-bond donors (Lipinski definition) is 12.